The van der Waals surface area contributed by atoms with Crippen LogP contribution in [0.3, 0.4) is 0 Å². The van der Waals surface area contributed by atoms with Crippen LogP contribution >= 0.6 is 11.3 Å². The first kappa shape index (κ1) is 12.6. The Balaban J connectivity index is 1.67. The summed E-state index contributed by atoms with van der Waals surface area (Å²) in [4.78, 5) is 1.42. The Morgan fingerprint density at radius 3 is 2.78 bits per heavy atom. The van der Waals surface area contributed by atoms with E-state index < -0.39 is 9.84 Å². The van der Waals surface area contributed by atoms with Gasteiger partial charge in [-0.05, 0) is 42.0 Å². The maximum Gasteiger partial charge on any atom is 0.150 e. The molecule has 2 aliphatic heterocycles. The number of thiophene rings is 1. The van der Waals surface area contributed by atoms with Gasteiger partial charge >= 0.3 is 0 Å². The zero-order valence-corrected chi connectivity index (χ0v) is 12.0. The number of rotatable bonds is 4. The van der Waals surface area contributed by atoms with Crippen molar-refractivity contribution in [3.8, 4) is 0 Å². The van der Waals surface area contributed by atoms with Gasteiger partial charge in [-0.25, -0.2) is 8.42 Å². The van der Waals surface area contributed by atoms with E-state index in [-0.39, 0.29) is 5.41 Å². The van der Waals surface area contributed by atoms with Crippen molar-refractivity contribution in [1.29, 1.82) is 0 Å². The van der Waals surface area contributed by atoms with Gasteiger partial charge in [0.15, 0.2) is 9.84 Å². The van der Waals surface area contributed by atoms with Crippen molar-refractivity contribution in [2.75, 3.05) is 24.6 Å². The van der Waals surface area contributed by atoms with Gasteiger partial charge in [-0.2, -0.15) is 0 Å². The lowest BCUT2D eigenvalue weighted by Gasteiger charge is -2.47. The van der Waals surface area contributed by atoms with Crippen LogP contribution in [-0.2, 0) is 16.3 Å². The number of nitrogens with one attached hydrogen (secondary N) is 1. The van der Waals surface area contributed by atoms with E-state index in [2.05, 4.69) is 22.8 Å². The van der Waals surface area contributed by atoms with Crippen molar-refractivity contribution in [2.45, 2.75) is 19.3 Å². The monoisotopic (exact) mass is 285 g/mol. The third-order valence-corrected chi connectivity index (χ3v) is 7.21. The first-order chi connectivity index (χ1) is 8.60. The number of sulfone groups is 1. The summed E-state index contributed by atoms with van der Waals surface area (Å²) >= 11 is 1.80. The summed E-state index contributed by atoms with van der Waals surface area (Å²) in [6, 6.07) is 4.27. The highest BCUT2D eigenvalue weighted by Crippen LogP contribution is 2.42. The molecule has 2 aliphatic rings. The van der Waals surface area contributed by atoms with Gasteiger partial charge in [-0.15, -0.1) is 11.3 Å². The van der Waals surface area contributed by atoms with Gasteiger partial charge < -0.3 is 5.32 Å². The summed E-state index contributed by atoms with van der Waals surface area (Å²) in [5.74, 6) is 1.20. The molecule has 1 atom stereocenters. The molecule has 0 amide bonds. The lowest BCUT2D eigenvalue weighted by Crippen LogP contribution is -2.58. The summed E-state index contributed by atoms with van der Waals surface area (Å²) < 4.78 is 23.3. The largest absolute Gasteiger partial charge is 0.316 e. The van der Waals surface area contributed by atoms with Crippen LogP contribution < -0.4 is 5.32 Å². The fourth-order valence-electron chi connectivity index (χ4n) is 3.22. The SMILES string of the molecule is O=S1(=O)CCC(C2(CCc3cccs3)CNC2)C1. The smallest absolute Gasteiger partial charge is 0.150 e. The predicted molar refractivity (Wildman–Crippen MR) is 74.7 cm³/mol. The summed E-state index contributed by atoms with van der Waals surface area (Å²) in [6.07, 6.45) is 3.09. The molecule has 18 heavy (non-hydrogen) atoms. The van der Waals surface area contributed by atoms with E-state index in [1.54, 1.807) is 11.3 Å². The van der Waals surface area contributed by atoms with Crippen molar-refractivity contribution in [1.82, 2.24) is 5.32 Å². The molecule has 3 nitrogen and oxygen atoms in total. The van der Waals surface area contributed by atoms with Crippen molar-refractivity contribution >= 4 is 21.2 Å². The molecule has 3 rings (SSSR count). The third-order valence-electron chi connectivity index (χ3n) is 4.50. The molecule has 2 saturated heterocycles. The van der Waals surface area contributed by atoms with Gasteiger partial charge in [0.25, 0.3) is 0 Å². The van der Waals surface area contributed by atoms with Crippen LogP contribution in [0.5, 0.6) is 0 Å². The van der Waals surface area contributed by atoms with Crippen molar-refractivity contribution in [3.63, 3.8) is 0 Å². The predicted octanol–water partition coefficient (Wildman–Crippen LogP) is 1.71. The fraction of sp³-hybridized carbons (Fsp3) is 0.692. The second-order valence-electron chi connectivity index (χ2n) is 5.65. The zero-order valence-electron chi connectivity index (χ0n) is 10.4. The second-order valence-corrected chi connectivity index (χ2v) is 8.91. The van der Waals surface area contributed by atoms with E-state index in [4.69, 9.17) is 0 Å². The molecule has 1 aromatic heterocycles. The lowest BCUT2D eigenvalue weighted by molar-refractivity contribution is 0.0814. The lowest BCUT2D eigenvalue weighted by atomic mass is 9.67. The van der Waals surface area contributed by atoms with Gasteiger partial charge in [0.2, 0.25) is 0 Å². The number of aryl methyl sites for hydroxylation is 1. The normalized spacial score (nSPS) is 29.0. The molecule has 0 aromatic carbocycles. The van der Waals surface area contributed by atoms with E-state index in [1.807, 2.05) is 0 Å². The molecular formula is C13H19NO2S2. The summed E-state index contributed by atoms with van der Waals surface area (Å²) in [6.45, 7) is 2.00. The summed E-state index contributed by atoms with van der Waals surface area (Å²) in [7, 11) is -2.75. The number of hydrogen-bond acceptors (Lipinski definition) is 4. The molecule has 0 saturated carbocycles. The molecule has 1 aromatic rings. The third kappa shape index (κ3) is 2.36. The number of hydrogen-bond donors (Lipinski definition) is 1. The molecule has 1 unspecified atom stereocenters. The first-order valence-corrected chi connectivity index (χ1v) is 9.23. The van der Waals surface area contributed by atoms with Gasteiger partial charge in [-0.1, -0.05) is 6.07 Å². The van der Waals surface area contributed by atoms with Crippen LogP contribution in [0.25, 0.3) is 0 Å². The first-order valence-electron chi connectivity index (χ1n) is 6.53. The zero-order chi connectivity index (χ0) is 12.6. The Labute approximate surface area is 113 Å². The van der Waals surface area contributed by atoms with Crippen LogP contribution in [0.1, 0.15) is 17.7 Å². The van der Waals surface area contributed by atoms with E-state index in [0.29, 0.717) is 17.4 Å². The van der Waals surface area contributed by atoms with Crippen molar-refractivity contribution in [3.05, 3.63) is 22.4 Å². The van der Waals surface area contributed by atoms with E-state index in [0.717, 1.165) is 32.4 Å². The van der Waals surface area contributed by atoms with Gasteiger partial charge in [-0.3, -0.25) is 0 Å². The Kier molecular flexibility index (Phi) is 3.24. The van der Waals surface area contributed by atoms with E-state index in [1.165, 1.54) is 4.88 Å². The maximum atomic E-state index is 11.6. The summed E-state index contributed by atoms with van der Waals surface area (Å²) in [5, 5.41) is 5.46. The standard InChI is InChI=1S/C13H19NO2S2/c15-18(16)7-4-11(8-18)13(9-14-10-13)5-3-12-2-1-6-17-12/h1-2,6,11,14H,3-5,7-10H2. The molecule has 0 bridgehead atoms. The minimum absolute atomic E-state index is 0.244. The molecule has 0 spiro atoms. The van der Waals surface area contributed by atoms with E-state index >= 15 is 0 Å². The maximum absolute atomic E-state index is 11.6. The van der Waals surface area contributed by atoms with Crippen LogP contribution in [0.15, 0.2) is 17.5 Å². The molecular weight excluding hydrogens is 266 g/mol. The Bertz CT molecular complexity index is 503. The average Bonchev–Trinajstić information content (AvgIpc) is 2.87. The van der Waals surface area contributed by atoms with Crippen LogP contribution in [0.2, 0.25) is 0 Å². The molecule has 2 fully saturated rings. The quantitative estimate of drug-likeness (QED) is 0.916. The summed E-state index contributed by atoms with van der Waals surface area (Å²) in [5.41, 5.74) is 0.244. The Morgan fingerprint density at radius 2 is 2.28 bits per heavy atom. The topological polar surface area (TPSA) is 46.2 Å². The Hall–Kier alpha value is -0.390. The minimum Gasteiger partial charge on any atom is -0.316 e. The highest BCUT2D eigenvalue weighted by Gasteiger charge is 2.47. The molecule has 0 aliphatic carbocycles. The van der Waals surface area contributed by atoms with Crippen molar-refractivity contribution in [2.24, 2.45) is 11.3 Å². The molecule has 100 valence electrons. The van der Waals surface area contributed by atoms with Gasteiger partial charge in [0.05, 0.1) is 11.5 Å². The van der Waals surface area contributed by atoms with Crippen LogP contribution in [-0.4, -0.2) is 33.0 Å². The Morgan fingerprint density at radius 1 is 1.44 bits per heavy atom. The highest BCUT2D eigenvalue weighted by atomic mass is 32.2. The second kappa shape index (κ2) is 4.62. The van der Waals surface area contributed by atoms with Crippen molar-refractivity contribution < 1.29 is 8.42 Å². The van der Waals surface area contributed by atoms with E-state index in [9.17, 15) is 8.42 Å². The average molecular weight is 285 g/mol. The highest BCUT2D eigenvalue weighted by molar-refractivity contribution is 7.91. The van der Waals surface area contributed by atoms with Gasteiger partial charge in [0, 0.05) is 18.0 Å². The minimum atomic E-state index is -2.75. The van der Waals surface area contributed by atoms with Crippen LogP contribution in [0.4, 0.5) is 0 Å². The van der Waals surface area contributed by atoms with Gasteiger partial charge in [0.1, 0.15) is 0 Å². The van der Waals surface area contributed by atoms with Crippen LogP contribution in [0, 0.1) is 11.3 Å². The fourth-order valence-corrected chi connectivity index (χ4v) is 5.87. The molecule has 5 heteroatoms. The molecule has 3 heterocycles. The molecule has 0 radical (unpaired) electrons. The molecule has 1 N–H and O–H groups in total.